The van der Waals surface area contributed by atoms with Gasteiger partial charge in [0.25, 0.3) is 0 Å². The molecule has 2 aromatic heterocycles. The number of carbonyl (C=O) groups is 1. The number of carbonyl (C=O) groups excluding carboxylic acids is 1. The number of H-pyrrole nitrogens is 1. The van der Waals surface area contributed by atoms with Gasteiger partial charge in [0.05, 0.1) is 29.4 Å². The Morgan fingerprint density at radius 1 is 1.33 bits per heavy atom. The van der Waals surface area contributed by atoms with Crippen LogP contribution < -0.4 is 4.74 Å². The number of pyridine rings is 1. The molecular formula is C14H12N2O2. The average molecular weight is 240 g/mol. The lowest BCUT2D eigenvalue weighted by Crippen LogP contribution is -1.89. The highest BCUT2D eigenvalue weighted by molar-refractivity contribution is 6.09. The van der Waals surface area contributed by atoms with Gasteiger partial charge in [0.2, 0.25) is 0 Å². The van der Waals surface area contributed by atoms with Gasteiger partial charge in [0.15, 0.2) is 6.29 Å². The number of hydrogen-bond acceptors (Lipinski definition) is 3. The highest BCUT2D eigenvalue weighted by Crippen LogP contribution is 2.31. The van der Waals surface area contributed by atoms with Gasteiger partial charge in [-0.15, -0.1) is 0 Å². The van der Waals surface area contributed by atoms with Crippen LogP contribution in [0.3, 0.4) is 0 Å². The van der Waals surface area contributed by atoms with E-state index in [0.717, 1.165) is 33.8 Å². The molecule has 1 aromatic carbocycles. The molecule has 0 aliphatic carbocycles. The van der Waals surface area contributed by atoms with E-state index >= 15 is 0 Å². The first-order chi connectivity index (χ1) is 8.74. The maximum Gasteiger partial charge on any atom is 0.153 e. The Morgan fingerprint density at radius 3 is 2.89 bits per heavy atom. The van der Waals surface area contributed by atoms with Gasteiger partial charge >= 0.3 is 0 Å². The number of fused-ring (bicyclic) bond motifs is 3. The molecule has 0 aliphatic rings. The zero-order chi connectivity index (χ0) is 12.7. The second-order valence-electron chi connectivity index (χ2n) is 4.20. The summed E-state index contributed by atoms with van der Waals surface area (Å²) in [6, 6.07) is 5.64. The number of methoxy groups -OCH3 is 1. The Kier molecular flexibility index (Phi) is 2.30. The molecule has 0 aliphatic heterocycles. The van der Waals surface area contributed by atoms with Crippen LogP contribution in [0.1, 0.15) is 16.1 Å². The SMILES string of the molecule is COc1cc2[nH]c3c(C)nccc3c2cc1C=O. The van der Waals surface area contributed by atoms with Crippen molar-refractivity contribution >= 4 is 28.1 Å². The zero-order valence-corrected chi connectivity index (χ0v) is 10.2. The number of benzene rings is 1. The predicted molar refractivity (Wildman–Crippen MR) is 70.3 cm³/mol. The van der Waals surface area contributed by atoms with Gasteiger partial charge in [-0.2, -0.15) is 0 Å². The molecule has 2 heterocycles. The maximum atomic E-state index is 11.1. The van der Waals surface area contributed by atoms with Gasteiger partial charge in [-0.1, -0.05) is 0 Å². The normalized spacial score (nSPS) is 11.0. The molecule has 3 rings (SSSR count). The fourth-order valence-electron chi connectivity index (χ4n) is 2.27. The maximum absolute atomic E-state index is 11.1. The predicted octanol–water partition coefficient (Wildman–Crippen LogP) is 2.85. The smallest absolute Gasteiger partial charge is 0.153 e. The summed E-state index contributed by atoms with van der Waals surface area (Å²) in [6.45, 7) is 1.95. The first kappa shape index (κ1) is 10.8. The third-order valence-corrected chi connectivity index (χ3v) is 3.19. The highest BCUT2D eigenvalue weighted by atomic mass is 16.5. The Balaban J connectivity index is 2.47. The minimum absolute atomic E-state index is 0.556. The van der Waals surface area contributed by atoms with Crippen molar-refractivity contribution in [2.45, 2.75) is 6.92 Å². The van der Waals surface area contributed by atoms with Crippen LogP contribution >= 0.6 is 0 Å². The van der Waals surface area contributed by atoms with Crippen molar-refractivity contribution in [3.8, 4) is 5.75 Å². The van der Waals surface area contributed by atoms with E-state index in [-0.39, 0.29) is 0 Å². The number of aryl methyl sites for hydroxylation is 1. The quantitative estimate of drug-likeness (QED) is 0.701. The van der Waals surface area contributed by atoms with E-state index in [2.05, 4.69) is 9.97 Å². The number of aromatic nitrogens is 2. The van der Waals surface area contributed by atoms with E-state index in [1.54, 1.807) is 13.3 Å². The molecular weight excluding hydrogens is 228 g/mol. The third kappa shape index (κ3) is 1.39. The summed E-state index contributed by atoms with van der Waals surface area (Å²) in [6.07, 6.45) is 2.58. The molecule has 0 amide bonds. The Hall–Kier alpha value is -2.36. The van der Waals surface area contributed by atoms with E-state index in [1.807, 2.05) is 25.1 Å². The van der Waals surface area contributed by atoms with E-state index in [1.165, 1.54) is 0 Å². The van der Waals surface area contributed by atoms with Gasteiger partial charge in [-0.3, -0.25) is 9.78 Å². The van der Waals surface area contributed by atoms with Gasteiger partial charge in [0.1, 0.15) is 5.75 Å². The van der Waals surface area contributed by atoms with Gasteiger partial charge in [0, 0.05) is 23.0 Å². The molecule has 1 N–H and O–H groups in total. The number of aromatic amines is 1. The highest BCUT2D eigenvalue weighted by Gasteiger charge is 2.11. The Labute approximate surface area is 104 Å². The van der Waals surface area contributed by atoms with Crippen LogP contribution in [0.15, 0.2) is 24.4 Å². The number of nitrogens with one attached hydrogen (secondary N) is 1. The molecule has 0 fully saturated rings. The molecule has 0 saturated carbocycles. The van der Waals surface area contributed by atoms with Crippen molar-refractivity contribution in [3.05, 3.63) is 35.7 Å². The topological polar surface area (TPSA) is 55.0 Å². The van der Waals surface area contributed by atoms with Crippen molar-refractivity contribution < 1.29 is 9.53 Å². The monoisotopic (exact) mass is 240 g/mol. The summed E-state index contributed by atoms with van der Waals surface area (Å²) >= 11 is 0. The lowest BCUT2D eigenvalue weighted by atomic mass is 10.1. The van der Waals surface area contributed by atoms with Crippen LogP contribution in [0.4, 0.5) is 0 Å². The fourth-order valence-corrected chi connectivity index (χ4v) is 2.27. The van der Waals surface area contributed by atoms with Crippen LogP contribution in [0.25, 0.3) is 21.8 Å². The lowest BCUT2D eigenvalue weighted by Gasteiger charge is -2.03. The van der Waals surface area contributed by atoms with Crippen LogP contribution in [-0.2, 0) is 0 Å². The van der Waals surface area contributed by atoms with Gasteiger partial charge in [-0.05, 0) is 19.1 Å². The number of ether oxygens (including phenoxy) is 1. The summed E-state index contributed by atoms with van der Waals surface area (Å²) in [5.74, 6) is 0.578. The third-order valence-electron chi connectivity index (χ3n) is 3.19. The Bertz CT molecular complexity index is 759. The first-order valence-corrected chi connectivity index (χ1v) is 5.65. The van der Waals surface area contributed by atoms with Crippen molar-refractivity contribution in [2.24, 2.45) is 0 Å². The zero-order valence-electron chi connectivity index (χ0n) is 10.2. The average Bonchev–Trinajstić information content (AvgIpc) is 2.76. The minimum Gasteiger partial charge on any atom is -0.496 e. The van der Waals surface area contributed by atoms with E-state index in [9.17, 15) is 4.79 Å². The summed E-state index contributed by atoms with van der Waals surface area (Å²) in [5.41, 5.74) is 3.44. The molecule has 0 atom stereocenters. The summed E-state index contributed by atoms with van der Waals surface area (Å²) < 4.78 is 5.20. The van der Waals surface area contributed by atoms with Crippen molar-refractivity contribution in [1.29, 1.82) is 0 Å². The standard InChI is InChI=1S/C14H12N2O2/c1-8-14-10(3-4-15-8)11-5-9(7-17)13(18-2)6-12(11)16-14/h3-7,16H,1-2H3. The van der Waals surface area contributed by atoms with E-state index in [0.29, 0.717) is 11.3 Å². The molecule has 4 heteroatoms. The summed E-state index contributed by atoms with van der Waals surface area (Å²) in [7, 11) is 1.56. The van der Waals surface area contributed by atoms with Crippen LogP contribution in [0, 0.1) is 6.92 Å². The summed E-state index contributed by atoms with van der Waals surface area (Å²) in [4.78, 5) is 18.6. The molecule has 0 unspecified atom stereocenters. The van der Waals surface area contributed by atoms with Crippen LogP contribution in [-0.4, -0.2) is 23.4 Å². The number of nitrogens with zero attached hydrogens (tertiary/aromatic N) is 1. The molecule has 4 nitrogen and oxygen atoms in total. The first-order valence-electron chi connectivity index (χ1n) is 5.65. The van der Waals surface area contributed by atoms with Crippen LogP contribution in [0.5, 0.6) is 5.75 Å². The molecule has 0 saturated heterocycles. The van der Waals surface area contributed by atoms with Crippen molar-refractivity contribution in [3.63, 3.8) is 0 Å². The minimum atomic E-state index is 0.556. The van der Waals surface area contributed by atoms with Gasteiger partial charge in [-0.25, -0.2) is 0 Å². The largest absolute Gasteiger partial charge is 0.496 e. The lowest BCUT2D eigenvalue weighted by molar-refractivity contribution is 0.112. The molecule has 18 heavy (non-hydrogen) atoms. The Morgan fingerprint density at radius 2 is 2.17 bits per heavy atom. The molecule has 0 spiro atoms. The second kappa shape index (κ2) is 3.84. The van der Waals surface area contributed by atoms with Crippen LogP contribution in [0.2, 0.25) is 0 Å². The van der Waals surface area contributed by atoms with Crippen molar-refractivity contribution in [1.82, 2.24) is 9.97 Å². The van der Waals surface area contributed by atoms with E-state index in [4.69, 9.17) is 4.74 Å². The number of rotatable bonds is 2. The second-order valence-corrected chi connectivity index (χ2v) is 4.20. The molecule has 90 valence electrons. The summed E-state index contributed by atoms with van der Waals surface area (Å²) in [5, 5.41) is 2.08. The number of aldehydes is 1. The van der Waals surface area contributed by atoms with Gasteiger partial charge < -0.3 is 9.72 Å². The molecule has 0 bridgehead atoms. The molecule has 0 radical (unpaired) electrons. The molecule has 3 aromatic rings. The van der Waals surface area contributed by atoms with E-state index < -0.39 is 0 Å². The van der Waals surface area contributed by atoms with Crippen molar-refractivity contribution in [2.75, 3.05) is 7.11 Å². The number of hydrogen-bond donors (Lipinski definition) is 1. The fraction of sp³-hybridized carbons (Fsp3) is 0.143.